The van der Waals surface area contributed by atoms with E-state index < -0.39 is 12.1 Å². The Hall–Kier alpha value is -3.87. The molecule has 2 aromatic carbocycles. The maximum absolute atomic E-state index is 11.0. The lowest BCUT2D eigenvalue weighted by atomic mass is 10.1. The molecular weight excluding hydrogens is 372 g/mol. The zero-order chi connectivity index (χ0) is 21.1. The summed E-state index contributed by atoms with van der Waals surface area (Å²) in [6, 6.07) is 22.0. The van der Waals surface area contributed by atoms with Gasteiger partial charge in [-0.25, -0.2) is 14.6 Å². The van der Waals surface area contributed by atoms with E-state index in [0.717, 1.165) is 11.1 Å². The number of ether oxygens (including phenoxy) is 2. The molecule has 1 amide bonds. The van der Waals surface area contributed by atoms with Crippen LogP contribution in [0.2, 0.25) is 0 Å². The monoisotopic (exact) mass is 394 g/mol. The normalized spacial score (nSPS) is 9.69. The fraction of sp³-hybridized carbons (Fsp3) is 0.136. The van der Waals surface area contributed by atoms with E-state index in [9.17, 15) is 9.59 Å². The van der Waals surface area contributed by atoms with Crippen LogP contribution in [0.15, 0.2) is 72.8 Å². The molecule has 3 aromatic rings. The van der Waals surface area contributed by atoms with Gasteiger partial charge >= 0.3 is 12.1 Å². The standard InChI is InChI=1S/C14H13NO3.C8H9NO2/c1-2-18-11-8-12(10-6-4-3-5-7-10)15-13(9-11)14(16)17;9-8(10)11-6-7-4-2-1-3-5-7/h3-9H,2H2,1H3,(H,16,17);1-5H,6H2,(H2,9,10). The summed E-state index contributed by atoms with van der Waals surface area (Å²) in [5.74, 6) is -0.544. The highest BCUT2D eigenvalue weighted by Crippen LogP contribution is 2.23. The molecule has 3 rings (SSSR count). The predicted molar refractivity (Wildman–Crippen MR) is 109 cm³/mol. The number of hydrogen-bond acceptors (Lipinski definition) is 5. The first-order chi connectivity index (χ1) is 14.0. The Balaban J connectivity index is 0.000000234. The minimum Gasteiger partial charge on any atom is -0.494 e. The summed E-state index contributed by atoms with van der Waals surface area (Å²) in [5.41, 5.74) is 7.16. The number of hydrogen-bond donors (Lipinski definition) is 2. The highest BCUT2D eigenvalue weighted by Gasteiger charge is 2.10. The van der Waals surface area contributed by atoms with Crippen molar-refractivity contribution in [2.24, 2.45) is 5.73 Å². The lowest BCUT2D eigenvalue weighted by Gasteiger charge is -2.07. The number of nitrogens with two attached hydrogens (primary N) is 1. The largest absolute Gasteiger partial charge is 0.494 e. The number of carbonyl (C=O) groups is 2. The van der Waals surface area contributed by atoms with E-state index in [1.165, 1.54) is 6.07 Å². The molecule has 0 saturated heterocycles. The summed E-state index contributed by atoms with van der Waals surface area (Å²) < 4.78 is 9.92. The zero-order valence-electron chi connectivity index (χ0n) is 15.9. The van der Waals surface area contributed by atoms with Crippen molar-refractivity contribution in [2.45, 2.75) is 13.5 Å². The van der Waals surface area contributed by atoms with Gasteiger partial charge in [0.15, 0.2) is 5.69 Å². The number of carboxylic acids is 1. The molecule has 0 bridgehead atoms. The highest BCUT2D eigenvalue weighted by molar-refractivity contribution is 5.86. The Kier molecular flexibility index (Phi) is 8.19. The summed E-state index contributed by atoms with van der Waals surface area (Å²) in [7, 11) is 0. The molecule has 0 aliphatic rings. The van der Waals surface area contributed by atoms with Crippen LogP contribution in [0.5, 0.6) is 5.75 Å². The van der Waals surface area contributed by atoms with Gasteiger partial charge in [0, 0.05) is 17.7 Å². The van der Waals surface area contributed by atoms with E-state index in [2.05, 4.69) is 9.72 Å². The molecule has 0 aliphatic carbocycles. The number of carbonyl (C=O) groups excluding carboxylic acids is 1. The molecule has 0 unspecified atom stereocenters. The van der Waals surface area contributed by atoms with Crippen LogP contribution in [-0.2, 0) is 11.3 Å². The van der Waals surface area contributed by atoms with E-state index >= 15 is 0 Å². The molecular formula is C22H22N2O5. The van der Waals surface area contributed by atoms with Gasteiger partial charge in [-0.2, -0.15) is 0 Å². The van der Waals surface area contributed by atoms with Gasteiger partial charge in [-0.3, -0.25) is 0 Å². The predicted octanol–water partition coefficient (Wildman–Crippen LogP) is 4.13. The number of primary amides is 1. The van der Waals surface area contributed by atoms with Crippen LogP contribution in [-0.4, -0.2) is 28.8 Å². The summed E-state index contributed by atoms with van der Waals surface area (Å²) in [4.78, 5) is 25.3. The summed E-state index contributed by atoms with van der Waals surface area (Å²) >= 11 is 0. The molecule has 0 spiro atoms. The van der Waals surface area contributed by atoms with Crippen molar-refractivity contribution in [1.82, 2.24) is 4.98 Å². The first kappa shape index (κ1) is 21.4. The van der Waals surface area contributed by atoms with E-state index in [-0.39, 0.29) is 12.3 Å². The SMILES string of the molecule is CCOc1cc(C(=O)O)nc(-c2ccccc2)c1.NC(=O)OCc1ccccc1. The van der Waals surface area contributed by atoms with Crippen LogP contribution in [0, 0.1) is 0 Å². The Morgan fingerprint density at radius 3 is 2.17 bits per heavy atom. The van der Waals surface area contributed by atoms with Crippen molar-refractivity contribution >= 4 is 12.1 Å². The van der Waals surface area contributed by atoms with Crippen LogP contribution < -0.4 is 10.5 Å². The quantitative estimate of drug-likeness (QED) is 0.650. The average Bonchev–Trinajstić information content (AvgIpc) is 2.74. The summed E-state index contributed by atoms with van der Waals surface area (Å²) in [5, 5.41) is 9.03. The maximum Gasteiger partial charge on any atom is 0.404 e. The summed E-state index contributed by atoms with van der Waals surface area (Å²) in [6.45, 7) is 2.58. The fourth-order valence-corrected chi connectivity index (χ4v) is 2.35. The number of rotatable bonds is 6. The van der Waals surface area contributed by atoms with E-state index in [1.807, 2.05) is 67.6 Å². The van der Waals surface area contributed by atoms with Gasteiger partial charge in [-0.05, 0) is 12.5 Å². The number of carboxylic acid groups (broad SMARTS) is 1. The minimum absolute atomic E-state index is 0.0141. The molecule has 0 fully saturated rings. The highest BCUT2D eigenvalue weighted by atomic mass is 16.5. The third-order valence-corrected chi connectivity index (χ3v) is 3.62. The van der Waals surface area contributed by atoms with Crippen LogP contribution in [0.1, 0.15) is 23.0 Å². The molecule has 0 atom stereocenters. The zero-order valence-corrected chi connectivity index (χ0v) is 15.9. The Morgan fingerprint density at radius 1 is 1.00 bits per heavy atom. The molecule has 150 valence electrons. The fourth-order valence-electron chi connectivity index (χ4n) is 2.35. The van der Waals surface area contributed by atoms with Gasteiger partial charge in [0.25, 0.3) is 0 Å². The maximum atomic E-state index is 11.0. The molecule has 0 radical (unpaired) electrons. The number of amides is 1. The Bertz CT molecular complexity index is 930. The third kappa shape index (κ3) is 7.34. The van der Waals surface area contributed by atoms with E-state index in [4.69, 9.17) is 15.6 Å². The van der Waals surface area contributed by atoms with Gasteiger partial charge in [0.2, 0.25) is 0 Å². The van der Waals surface area contributed by atoms with Crippen LogP contribution in [0.25, 0.3) is 11.3 Å². The van der Waals surface area contributed by atoms with Crippen LogP contribution in [0.3, 0.4) is 0 Å². The molecule has 1 heterocycles. The summed E-state index contributed by atoms with van der Waals surface area (Å²) in [6.07, 6.45) is -0.742. The van der Waals surface area contributed by atoms with Crippen molar-refractivity contribution in [2.75, 3.05) is 6.61 Å². The van der Waals surface area contributed by atoms with Crippen LogP contribution >= 0.6 is 0 Å². The first-order valence-corrected chi connectivity index (χ1v) is 8.89. The van der Waals surface area contributed by atoms with Gasteiger partial charge in [-0.15, -0.1) is 0 Å². The number of aromatic carboxylic acids is 1. The third-order valence-electron chi connectivity index (χ3n) is 3.62. The smallest absolute Gasteiger partial charge is 0.404 e. The minimum atomic E-state index is -1.06. The number of benzene rings is 2. The lowest BCUT2D eigenvalue weighted by Crippen LogP contribution is -2.12. The van der Waals surface area contributed by atoms with Gasteiger partial charge in [0.05, 0.1) is 12.3 Å². The number of aromatic nitrogens is 1. The molecule has 7 nitrogen and oxygen atoms in total. The topological polar surface area (TPSA) is 112 Å². The average molecular weight is 394 g/mol. The lowest BCUT2D eigenvalue weighted by molar-refractivity contribution is 0.0690. The molecule has 0 saturated carbocycles. The molecule has 0 aliphatic heterocycles. The molecule has 7 heteroatoms. The molecule has 3 N–H and O–H groups in total. The first-order valence-electron chi connectivity index (χ1n) is 8.89. The van der Waals surface area contributed by atoms with Crippen molar-refractivity contribution in [3.8, 4) is 17.0 Å². The van der Waals surface area contributed by atoms with Crippen molar-refractivity contribution in [3.05, 3.63) is 84.1 Å². The van der Waals surface area contributed by atoms with E-state index in [1.54, 1.807) is 6.07 Å². The Labute approximate surface area is 168 Å². The van der Waals surface area contributed by atoms with Gasteiger partial charge < -0.3 is 20.3 Å². The van der Waals surface area contributed by atoms with Crippen molar-refractivity contribution < 1.29 is 24.2 Å². The Morgan fingerprint density at radius 2 is 1.62 bits per heavy atom. The molecule has 29 heavy (non-hydrogen) atoms. The second-order valence-electron chi connectivity index (χ2n) is 5.77. The van der Waals surface area contributed by atoms with E-state index in [0.29, 0.717) is 18.1 Å². The van der Waals surface area contributed by atoms with Crippen molar-refractivity contribution in [1.29, 1.82) is 0 Å². The second-order valence-corrected chi connectivity index (χ2v) is 5.77. The number of pyridine rings is 1. The van der Waals surface area contributed by atoms with Crippen molar-refractivity contribution in [3.63, 3.8) is 0 Å². The van der Waals surface area contributed by atoms with Crippen LogP contribution in [0.4, 0.5) is 4.79 Å². The van der Waals surface area contributed by atoms with Gasteiger partial charge in [0.1, 0.15) is 12.4 Å². The second kappa shape index (κ2) is 11.1. The number of nitrogens with zero attached hydrogens (tertiary/aromatic N) is 1. The molecule has 1 aromatic heterocycles. The van der Waals surface area contributed by atoms with Gasteiger partial charge in [-0.1, -0.05) is 60.7 Å².